The van der Waals surface area contributed by atoms with Crippen molar-refractivity contribution in [3.63, 3.8) is 0 Å². The summed E-state index contributed by atoms with van der Waals surface area (Å²) < 4.78 is 24.6. The largest absolute Gasteiger partial charge is 0.477 e. The summed E-state index contributed by atoms with van der Waals surface area (Å²) in [5.74, 6) is -2.65. The molecule has 10 heteroatoms. The molecule has 2 unspecified atom stereocenters. The Morgan fingerprint density at radius 2 is 1.82 bits per heavy atom. The maximum atomic E-state index is 13.2. The van der Waals surface area contributed by atoms with Gasteiger partial charge < -0.3 is 28.4 Å². The highest BCUT2D eigenvalue weighted by Crippen LogP contribution is 2.50. The van der Waals surface area contributed by atoms with Gasteiger partial charge in [0.05, 0.1) is 0 Å². The zero-order valence-electron chi connectivity index (χ0n) is 19.4. The van der Waals surface area contributed by atoms with Crippen LogP contribution in [0.4, 0.5) is 0 Å². The first-order chi connectivity index (χ1) is 16.2. The number of imidazole rings is 1. The smallest absolute Gasteiger partial charge is 0.423 e. The lowest BCUT2D eigenvalue weighted by Gasteiger charge is -2.24. The van der Waals surface area contributed by atoms with E-state index in [-0.39, 0.29) is 28.9 Å². The standard InChI is InChI=1S/C24H23N3O7/c1-11-25-16-17(27(11)4)19-15(22(28)26(2)3)20(34-24(30)23(29)33-19)21(16)32-18-13-9-7-6-8-12(13)10-14(18)31-5/h6-9,14,18H,10H2,1-5H3. The summed E-state index contributed by atoms with van der Waals surface area (Å²) in [5, 5.41) is 0. The molecule has 0 spiro atoms. The number of ether oxygens (including phenoxy) is 4. The van der Waals surface area contributed by atoms with Gasteiger partial charge >= 0.3 is 11.9 Å². The van der Waals surface area contributed by atoms with Crippen LogP contribution in [0.1, 0.15) is 33.4 Å². The molecule has 0 N–H and O–H groups in total. The molecule has 1 aliphatic carbocycles. The van der Waals surface area contributed by atoms with Crippen LogP contribution in [-0.2, 0) is 27.8 Å². The SMILES string of the molecule is COC1Cc2ccccc2C1Oc1c2c(C(=O)N(C)C)c(c3c1nc(C)n3C)OC(=O)C(=O)O2. The monoisotopic (exact) mass is 465 g/mol. The van der Waals surface area contributed by atoms with E-state index in [1.54, 1.807) is 39.7 Å². The minimum Gasteiger partial charge on any atom is -0.477 e. The van der Waals surface area contributed by atoms with Gasteiger partial charge in [-0.1, -0.05) is 24.3 Å². The van der Waals surface area contributed by atoms with E-state index in [1.165, 1.54) is 4.90 Å². The second-order valence-electron chi connectivity index (χ2n) is 8.47. The predicted octanol–water partition coefficient (Wildman–Crippen LogP) is 2.10. The fraction of sp³-hybridized carbons (Fsp3) is 0.333. The number of methoxy groups -OCH3 is 1. The molecule has 176 valence electrons. The van der Waals surface area contributed by atoms with Gasteiger partial charge in [0.2, 0.25) is 0 Å². The minimum atomic E-state index is -1.25. The van der Waals surface area contributed by atoms with E-state index in [0.717, 1.165) is 11.1 Å². The van der Waals surface area contributed by atoms with Gasteiger partial charge in [0.15, 0.2) is 23.4 Å². The second kappa shape index (κ2) is 7.84. The lowest BCUT2D eigenvalue weighted by Crippen LogP contribution is -2.25. The highest BCUT2D eigenvalue weighted by Gasteiger charge is 2.41. The summed E-state index contributed by atoms with van der Waals surface area (Å²) in [7, 11) is 6.41. The molecule has 2 atom stereocenters. The molecule has 34 heavy (non-hydrogen) atoms. The Morgan fingerprint density at radius 3 is 2.50 bits per heavy atom. The van der Waals surface area contributed by atoms with E-state index in [0.29, 0.717) is 23.3 Å². The molecule has 0 saturated carbocycles. The van der Waals surface area contributed by atoms with Crippen molar-refractivity contribution in [3.05, 3.63) is 46.8 Å². The highest BCUT2D eigenvalue weighted by molar-refractivity contribution is 6.32. The summed E-state index contributed by atoms with van der Waals surface area (Å²) in [5.41, 5.74) is 2.54. The van der Waals surface area contributed by atoms with Gasteiger partial charge in [0.1, 0.15) is 28.5 Å². The van der Waals surface area contributed by atoms with Crippen LogP contribution in [0.5, 0.6) is 17.2 Å². The summed E-state index contributed by atoms with van der Waals surface area (Å²) >= 11 is 0. The third-order valence-electron chi connectivity index (χ3n) is 6.25. The predicted molar refractivity (Wildman–Crippen MR) is 119 cm³/mol. The molecule has 2 aromatic carbocycles. The Balaban J connectivity index is 1.81. The van der Waals surface area contributed by atoms with Crippen LogP contribution in [0.2, 0.25) is 0 Å². The summed E-state index contributed by atoms with van der Waals surface area (Å²) in [6, 6.07) is 7.78. The van der Waals surface area contributed by atoms with Crippen molar-refractivity contribution in [1.82, 2.24) is 14.5 Å². The minimum absolute atomic E-state index is 0.0723. The average molecular weight is 465 g/mol. The molecular weight excluding hydrogens is 442 g/mol. The number of carbonyl (C=O) groups excluding carboxylic acids is 3. The van der Waals surface area contributed by atoms with Crippen LogP contribution in [0, 0.1) is 6.92 Å². The molecule has 3 aromatic rings. The lowest BCUT2D eigenvalue weighted by atomic mass is 10.1. The Morgan fingerprint density at radius 1 is 1.15 bits per heavy atom. The van der Waals surface area contributed by atoms with Crippen molar-refractivity contribution in [1.29, 1.82) is 0 Å². The zero-order chi connectivity index (χ0) is 24.3. The van der Waals surface area contributed by atoms with Crippen molar-refractivity contribution in [2.45, 2.75) is 25.6 Å². The van der Waals surface area contributed by atoms with Crippen molar-refractivity contribution >= 4 is 28.9 Å². The second-order valence-corrected chi connectivity index (χ2v) is 8.47. The molecular formula is C24H23N3O7. The van der Waals surface area contributed by atoms with Crippen LogP contribution in [0.3, 0.4) is 0 Å². The summed E-state index contributed by atoms with van der Waals surface area (Å²) in [6.45, 7) is 1.77. The van der Waals surface area contributed by atoms with E-state index < -0.39 is 23.9 Å². The van der Waals surface area contributed by atoms with E-state index in [4.69, 9.17) is 18.9 Å². The number of hydrogen-bond acceptors (Lipinski definition) is 8. The fourth-order valence-corrected chi connectivity index (χ4v) is 4.46. The van der Waals surface area contributed by atoms with E-state index in [2.05, 4.69) is 4.98 Å². The van der Waals surface area contributed by atoms with Gasteiger partial charge in [-0.2, -0.15) is 0 Å². The molecule has 2 bridgehead atoms. The maximum absolute atomic E-state index is 13.2. The average Bonchev–Trinajstić information content (AvgIpc) is 3.28. The van der Waals surface area contributed by atoms with Crippen molar-refractivity contribution < 1.29 is 33.3 Å². The molecule has 5 rings (SSSR count). The van der Waals surface area contributed by atoms with Gasteiger partial charge in [-0.25, -0.2) is 14.6 Å². The van der Waals surface area contributed by atoms with E-state index >= 15 is 0 Å². The van der Waals surface area contributed by atoms with Gasteiger partial charge in [-0.3, -0.25) is 4.79 Å². The molecule has 10 nitrogen and oxygen atoms in total. The number of nitrogens with zero attached hydrogens (tertiary/aromatic N) is 3. The van der Waals surface area contributed by atoms with Crippen LogP contribution in [-0.4, -0.2) is 59.6 Å². The molecule has 0 fully saturated rings. The van der Waals surface area contributed by atoms with E-state index in [9.17, 15) is 14.4 Å². The van der Waals surface area contributed by atoms with Gasteiger partial charge in [-0.15, -0.1) is 0 Å². The molecule has 1 amide bonds. The van der Waals surface area contributed by atoms with Gasteiger partial charge in [0, 0.05) is 34.7 Å². The van der Waals surface area contributed by atoms with E-state index in [1.807, 2.05) is 24.3 Å². The number of fused-ring (bicyclic) bond motifs is 5. The maximum Gasteiger partial charge on any atom is 0.423 e. The normalized spacial score (nSPS) is 18.9. The molecule has 2 aliphatic rings. The Kier molecular flexibility index (Phi) is 5.05. The fourth-order valence-electron chi connectivity index (χ4n) is 4.46. The molecule has 1 aromatic heterocycles. The quantitative estimate of drug-likeness (QED) is 0.327. The Bertz CT molecular complexity index is 1370. The van der Waals surface area contributed by atoms with Crippen molar-refractivity contribution in [3.8, 4) is 17.2 Å². The number of benzene rings is 2. The number of amides is 1. The number of carbonyl (C=O) groups is 3. The number of esters is 2. The summed E-state index contributed by atoms with van der Waals surface area (Å²) in [6.07, 6.45) is -0.258. The Hall–Kier alpha value is -3.92. The number of aromatic nitrogens is 2. The first-order valence-electron chi connectivity index (χ1n) is 10.7. The third kappa shape index (κ3) is 3.13. The van der Waals surface area contributed by atoms with Crippen molar-refractivity contribution in [2.75, 3.05) is 21.2 Å². The third-order valence-corrected chi connectivity index (χ3v) is 6.25. The van der Waals surface area contributed by atoms with Gasteiger partial charge in [0.25, 0.3) is 5.91 Å². The topological polar surface area (TPSA) is 109 Å². The van der Waals surface area contributed by atoms with Crippen LogP contribution < -0.4 is 14.2 Å². The summed E-state index contributed by atoms with van der Waals surface area (Å²) in [4.78, 5) is 43.9. The Labute approximate surface area is 195 Å². The first kappa shape index (κ1) is 21.9. The number of rotatable bonds is 4. The van der Waals surface area contributed by atoms with Crippen LogP contribution >= 0.6 is 0 Å². The number of aryl methyl sites for hydroxylation is 2. The number of hydrogen-bond donors (Lipinski definition) is 0. The molecule has 2 heterocycles. The first-order valence-corrected chi connectivity index (χ1v) is 10.7. The van der Waals surface area contributed by atoms with Crippen LogP contribution in [0.25, 0.3) is 11.0 Å². The van der Waals surface area contributed by atoms with Crippen molar-refractivity contribution in [2.24, 2.45) is 7.05 Å². The lowest BCUT2D eigenvalue weighted by molar-refractivity contribution is -0.155. The molecule has 0 radical (unpaired) electrons. The molecule has 1 aliphatic heterocycles. The van der Waals surface area contributed by atoms with Crippen LogP contribution in [0.15, 0.2) is 24.3 Å². The highest BCUT2D eigenvalue weighted by atomic mass is 16.6. The van der Waals surface area contributed by atoms with Gasteiger partial charge in [-0.05, 0) is 18.1 Å². The molecule has 0 saturated heterocycles. The zero-order valence-corrected chi connectivity index (χ0v) is 19.4.